The summed E-state index contributed by atoms with van der Waals surface area (Å²) in [4.78, 5) is 14.1. The van der Waals surface area contributed by atoms with E-state index in [9.17, 15) is 4.79 Å². The largest absolute Gasteiger partial charge is 0.493 e. The molecule has 0 spiro atoms. The number of amides is 1. The lowest BCUT2D eigenvalue weighted by Gasteiger charge is -2.40. The summed E-state index contributed by atoms with van der Waals surface area (Å²) in [5, 5.41) is 0. The number of methoxy groups -OCH3 is 2. The number of hydrogen-bond donors (Lipinski definition) is 1. The topological polar surface area (TPSA) is 64.8 Å². The van der Waals surface area contributed by atoms with Crippen LogP contribution in [0.1, 0.15) is 37.8 Å². The first-order chi connectivity index (χ1) is 10.1. The first kappa shape index (κ1) is 15.6. The van der Waals surface area contributed by atoms with Crippen molar-refractivity contribution in [1.82, 2.24) is 4.90 Å². The summed E-state index contributed by atoms with van der Waals surface area (Å²) in [6.07, 6.45) is 2.12. The Morgan fingerprint density at radius 1 is 1.33 bits per heavy atom. The highest BCUT2D eigenvalue weighted by Gasteiger charge is 2.36. The van der Waals surface area contributed by atoms with Crippen molar-refractivity contribution < 1.29 is 14.3 Å². The molecule has 0 saturated carbocycles. The number of rotatable bonds is 5. The number of hydrogen-bond acceptors (Lipinski definition) is 4. The molecular weight excluding hydrogens is 268 g/mol. The third-order valence-corrected chi connectivity index (χ3v) is 3.97. The van der Waals surface area contributed by atoms with Crippen LogP contribution < -0.4 is 15.2 Å². The molecule has 5 nitrogen and oxygen atoms in total. The van der Waals surface area contributed by atoms with Gasteiger partial charge < -0.3 is 20.1 Å². The summed E-state index contributed by atoms with van der Waals surface area (Å²) in [5.41, 5.74) is 7.24. The van der Waals surface area contributed by atoms with Gasteiger partial charge in [-0.2, -0.15) is 0 Å². The fourth-order valence-corrected chi connectivity index (χ4v) is 3.03. The molecule has 0 bridgehead atoms. The van der Waals surface area contributed by atoms with E-state index in [0.29, 0.717) is 30.9 Å². The van der Waals surface area contributed by atoms with Gasteiger partial charge in [0.05, 0.1) is 20.3 Å². The molecule has 1 amide bonds. The van der Waals surface area contributed by atoms with Gasteiger partial charge in [0.1, 0.15) is 0 Å². The van der Waals surface area contributed by atoms with E-state index in [-0.39, 0.29) is 18.0 Å². The molecular formula is C16H24N2O3. The van der Waals surface area contributed by atoms with Crippen LogP contribution in [-0.2, 0) is 4.79 Å². The lowest BCUT2D eigenvalue weighted by Crippen LogP contribution is -2.49. The number of carbonyl (C=O) groups is 1. The number of piperidine rings is 1. The lowest BCUT2D eigenvalue weighted by molar-refractivity contribution is -0.137. The molecule has 1 heterocycles. The SMILES string of the molecule is CCCN1C(=O)CCC(N)C1c1cccc(OC)c1OC. The van der Waals surface area contributed by atoms with Crippen LogP contribution in [0.3, 0.4) is 0 Å². The maximum absolute atomic E-state index is 12.3. The number of nitrogens with zero attached hydrogens (tertiary/aromatic N) is 1. The first-order valence-electron chi connectivity index (χ1n) is 7.40. The van der Waals surface area contributed by atoms with Crippen molar-refractivity contribution in [3.05, 3.63) is 23.8 Å². The van der Waals surface area contributed by atoms with Crippen molar-refractivity contribution in [2.75, 3.05) is 20.8 Å². The van der Waals surface area contributed by atoms with Crippen molar-refractivity contribution >= 4 is 5.91 Å². The van der Waals surface area contributed by atoms with Crippen molar-refractivity contribution in [3.8, 4) is 11.5 Å². The van der Waals surface area contributed by atoms with Crippen LogP contribution in [0.5, 0.6) is 11.5 Å². The molecule has 0 aliphatic carbocycles. The molecule has 0 radical (unpaired) electrons. The van der Waals surface area contributed by atoms with Gasteiger partial charge in [0, 0.05) is 24.6 Å². The Kier molecular flexibility index (Phi) is 5.07. The van der Waals surface area contributed by atoms with Crippen LogP contribution in [0, 0.1) is 0 Å². The van der Waals surface area contributed by atoms with Crippen LogP contribution in [-0.4, -0.2) is 37.6 Å². The molecule has 1 fully saturated rings. The van der Waals surface area contributed by atoms with Gasteiger partial charge in [-0.1, -0.05) is 19.1 Å². The summed E-state index contributed by atoms with van der Waals surface area (Å²) < 4.78 is 10.9. The molecule has 1 aliphatic rings. The second kappa shape index (κ2) is 6.80. The summed E-state index contributed by atoms with van der Waals surface area (Å²) in [6, 6.07) is 5.48. The van der Waals surface area contributed by atoms with Crippen molar-refractivity contribution in [1.29, 1.82) is 0 Å². The van der Waals surface area contributed by atoms with E-state index < -0.39 is 0 Å². The van der Waals surface area contributed by atoms with Crippen LogP contribution in [0.25, 0.3) is 0 Å². The Morgan fingerprint density at radius 3 is 2.71 bits per heavy atom. The van der Waals surface area contributed by atoms with Crippen molar-refractivity contribution in [2.45, 2.75) is 38.3 Å². The molecule has 1 aliphatic heterocycles. The first-order valence-corrected chi connectivity index (χ1v) is 7.40. The highest BCUT2D eigenvalue weighted by molar-refractivity contribution is 5.78. The van der Waals surface area contributed by atoms with E-state index in [1.54, 1.807) is 14.2 Å². The quantitative estimate of drug-likeness (QED) is 0.902. The average Bonchev–Trinajstić information content (AvgIpc) is 2.50. The van der Waals surface area contributed by atoms with Gasteiger partial charge in [-0.15, -0.1) is 0 Å². The Bertz CT molecular complexity index is 504. The number of carbonyl (C=O) groups excluding carboxylic acids is 1. The smallest absolute Gasteiger partial charge is 0.223 e. The summed E-state index contributed by atoms with van der Waals surface area (Å²) >= 11 is 0. The van der Waals surface area contributed by atoms with Crippen LogP contribution in [0.15, 0.2) is 18.2 Å². The molecule has 116 valence electrons. The molecule has 2 N–H and O–H groups in total. The minimum atomic E-state index is -0.156. The highest BCUT2D eigenvalue weighted by atomic mass is 16.5. The van der Waals surface area contributed by atoms with Crippen LogP contribution in [0.2, 0.25) is 0 Å². The normalized spacial score (nSPS) is 22.3. The Labute approximate surface area is 126 Å². The number of benzene rings is 1. The minimum Gasteiger partial charge on any atom is -0.493 e. The molecule has 1 saturated heterocycles. The second-order valence-electron chi connectivity index (χ2n) is 5.32. The van der Waals surface area contributed by atoms with Gasteiger partial charge in [0.25, 0.3) is 0 Å². The van der Waals surface area contributed by atoms with Gasteiger partial charge in [0.2, 0.25) is 5.91 Å². The monoisotopic (exact) mass is 292 g/mol. The maximum Gasteiger partial charge on any atom is 0.223 e. The van der Waals surface area contributed by atoms with E-state index in [1.165, 1.54) is 0 Å². The van der Waals surface area contributed by atoms with Crippen molar-refractivity contribution in [3.63, 3.8) is 0 Å². The molecule has 2 atom stereocenters. The predicted octanol–water partition coefficient (Wildman–Crippen LogP) is 2.10. The Morgan fingerprint density at radius 2 is 2.10 bits per heavy atom. The van der Waals surface area contributed by atoms with E-state index >= 15 is 0 Å². The lowest BCUT2D eigenvalue weighted by atomic mass is 9.89. The zero-order valence-corrected chi connectivity index (χ0v) is 13.0. The van der Waals surface area contributed by atoms with E-state index in [1.807, 2.05) is 23.1 Å². The predicted molar refractivity (Wildman–Crippen MR) is 81.5 cm³/mol. The second-order valence-corrected chi connectivity index (χ2v) is 5.32. The highest BCUT2D eigenvalue weighted by Crippen LogP contribution is 2.40. The minimum absolute atomic E-state index is 0.0877. The van der Waals surface area contributed by atoms with Gasteiger partial charge in [-0.25, -0.2) is 0 Å². The maximum atomic E-state index is 12.3. The van der Waals surface area contributed by atoms with Gasteiger partial charge in [-0.05, 0) is 18.9 Å². The Hall–Kier alpha value is -1.75. The van der Waals surface area contributed by atoms with Gasteiger partial charge in [-0.3, -0.25) is 4.79 Å². The number of nitrogens with two attached hydrogens (primary N) is 1. The fourth-order valence-electron chi connectivity index (χ4n) is 3.03. The summed E-state index contributed by atoms with van der Waals surface area (Å²) in [5.74, 6) is 1.49. The number of para-hydroxylation sites is 1. The Balaban J connectivity index is 2.47. The van der Waals surface area contributed by atoms with Crippen molar-refractivity contribution in [2.24, 2.45) is 5.73 Å². The zero-order chi connectivity index (χ0) is 15.4. The number of likely N-dealkylation sites (tertiary alicyclic amines) is 1. The van der Waals surface area contributed by atoms with Gasteiger partial charge >= 0.3 is 0 Å². The molecule has 5 heteroatoms. The third kappa shape index (κ3) is 2.97. The third-order valence-electron chi connectivity index (χ3n) is 3.97. The van der Waals surface area contributed by atoms with E-state index in [2.05, 4.69) is 6.92 Å². The molecule has 2 unspecified atom stereocenters. The van der Waals surface area contributed by atoms with Crippen LogP contribution >= 0.6 is 0 Å². The van der Waals surface area contributed by atoms with Gasteiger partial charge in [0.15, 0.2) is 11.5 Å². The summed E-state index contributed by atoms with van der Waals surface area (Å²) in [6.45, 7) is 2.77. The van der Waals surface area contributed by atoms with E-state index in [4.69, 9.17) is 15.2 Å². The molecule has 0 aromatic heterocycles. The molecule has 1 aromatic rings. The van der Waals surface area contributed by atoms with Crippen LogP contribution in [0.4, 0.5) is 0 Å². The molecule has 2 rings (SSSR count). The summed E-state index contributed by atoms with van der Waals surface area (Å²) in [7, 11) is 3.22. The standard InChI is InChI=1S/C16H24N2O3/c1-4-10-18-14(19)9-8-12(17)15(18)11-6-5-7-13(20-2)16(11)21-3/h5-7,12,15H,4,8-10,17H2,1-3H3. The molecule has 21 heavy (non-hydrogen) atoms. The molecule has 1 aromatic carbocycles. The average molecular weight is 292 g/mol. The fraction of sp³-hybridized carbons (Fsp3) is 0.562. The zero-order valence-electron chi connectivity index (χ0n) is 13.0. The number of ether oxygens (including phenoxy) is 2. The van der Waals surface area contributed by atoms with E-state index in [0.717, 1.165) is 12.0 Å².